The number of fused-ring (bicyclic) bond motifs is 1. The molecule has 7 heteroatoms. The van der Waals surface area contributed by atoms with Crippen LogP contribution in [0.1, 0.15) is 47.9 Å². The number of aliphatic hydroxyl groups excluding tert-OH is 1. The molecule has 5 nitrogen and oxygen atoms in total. The molecule has 152 valence electrons. The van der Waals surface area contributed by atoms with Crippen molar-refractivity contribution in [1.29, 1.82) is 0 Å². The zero-order chi connectivity index (χ0) is 21.0. The lowest BCUT2D eigenvalue weighted by atomic mass is 9.90. The standard InChI is InChI=1S/C22H24BBrO5/c1-2-3-5-18-20(21(26)13-10-16(23)22(27)17(24)11-13)15-7-6-14(12-19(15)29-18)28-9-4-8-25/h6-7,10-12,25,27H,2-5,8-9,23H2,1H3. The van der Waals surface area contributed by atoms with Gasteiger partial charge in [0.05, 0.1) is 16.6 Å². The number of rotatable bonds is 9. The summed E-state index contributed by atoms with van der Waals surface area (Å²) in [7, 11) is 1.76. The van der Waals surface area contributed by atoms with E-state index in [1.165, 1.54) is 0 Å². The topological polar surface area (TPSA) is 79.9 Å². The maximum atomic E-state index is 13.4. The molecule has 3 rings (SSSR count). The Kier molecular flexibility index (Phi) is 7.03. The SMILES string of the molecule is Bc1cc(C(=O)c2c(CCCC)oc3cc(OCCCO)ccc23)cc(Br)c1O. The molecule has 0 aliphatic carbocycles. The molecular formula is C22H24BBrO5. The predicted molar refractivity (Wildman–Crippen MR) is 119 cm³/mol. The van der Waals surface area contributed by atoms with E-state index in [2.05, 4.69) is 22.9 Å². The second-order valence-electron chi connectivity index (χ2n) is 7.04. The van der Waals surface area contributed by atoms with Crippen molar-refractivity contribution in [3.63, 3.8) is 0 Å². The van der Waals surface area contributed by atoms with Crippen molar-refractivity contribution in [1.82, 2.24) is 0 Å². The lowest BCUT2D eigenvalue weighted by molar-refractivity contribution is 0.103. The maximum Gasteiger partial charge on any atom is 0.197 e. The Morgan fingerprint density at radius 1 is 1.24 bits per heavy atom. The highest BCUT2D eigenvalue weighted by Crippen LogP contribution is 2.33. The van der Waals surface area contributed by atoms with Gasteiger partial charge < -0.3 is 19.4 Å². The van der Waals surface area contributed by atoms with Crippen LogP contribution >= 0.6 is 15.9 Å². The number of aryl methyl sites for hydroxylation is 1. The molecule has 0 atom stereocenters. The average molecular weight is 459 g/mol. The van der Waals surface area contributed by atoms with Crippen molar-refractivity contribution in [3.05, 3.63) is 51.7 Å². The van der Waals surface area contributed by atoms with E-state index < -0.39 is 0 Å². The minimum Gasteiger partial charge on any atom is -0.507 e. The molecule has 0 saturated heterocycles. The molecule has 0 aliphatic rings. The first kappa shape index (κ1) is 21.5. The molecule has 1 heterocycles. The lowest BCUT2D eigenvalue weighted by Crippen LogP contribution is -2.11. The fourth-order valence-electron chi connectivity index (χ4n) is 3.25. The molecule has 0 saturated carbocycles. The molecule has 1 aromatic heterocycles. The van der Waals surface area contributed by atoms with Gasteiger partial charge in [0, 0.05) is 36.5 Å². The Morgan fingerprint density at radius 2 is 2.03 bits per heavy atom. The maximum absolute atomic E-state index is 13.4. The van der Waals surface area contributed by atoms with Gasteiger partial charge in [0.1, 0.15) is 30.7 Å². The number of phenolic OH excluding ortho intramolecular Hbond substituents is 1. The minimum absolute atomic E-state index is 0.0738. The summed E-state index contributed by atoms with van der Waals surface area (Å²) in [5.74, 6) is 1.31. The first-order valence-electron chi connectivity index (χ1n) is 9.79. The van der Waals surface area contributed by atoms with Gasteiger partial charge in [0.25, 0.3) is 0 Å². The summed E-state index contributed by atoms with van der Waals surface area (Å²) in [6, 6.07) is 8.78. The van der Waals surface area contributed by atoms with Gasteiger partial charge in [0.15, 0.2) is 5.78 Å². The van der Waals surface area contributed by atoms with E-state index in [9.17, 15) is 9.90 Å². The number of aromatic hydroxyl groups is 1. The Balaban J connectivity index is 2.05. The number of furan rings is 1. The van der Waals surface area contributed by atoms with E-state index in [1.807, 2.05) is 12.1 Å². The van der Waals surface area contributed by atoms with Gasteiger partial charge in [-0.1, -0.05) is 19.4 Å². The number of benzene rings is 2. The number of ketones is 1. The van der Waals surface area contributed by atoms with Crippen LogP contribution in [-0.4, -0.2) is 37.1 Å². The minimum atomic E-state index is -0.132. The van der Waals surface area contributed by atoms with E-state index in [0.29, 0.717) is 57.6 Å². The van der Waals surface area contributed by atoms with Crippen molar-refractivity contribution in [2.24, 2.45) is 0 Å². The van der Waals surface area contributed by atoms with Crippen molar-refractivity contribution in [2.45, 2.75) is 32.6 Å². The molecule has 0 bridgehead atoms. The molecule has 2 aromatic carbocycles. The molecule has 0 amide bonds. The quantitative estimate of drug-likeness (QED) is 0.291. The van der Waals surface area contributed by atoms with Crippen LogP contribution in [-0.2, 0) is 6.42 Å². The van der Waals surface area contributed by atoms with E-state index in [4.69, 9.17) is 14.3 Å². The normalized spacial score (nSPS) is 11.1. The number of hydrogen-bond donors (Lipinski definition) is 2. The van der Waals surface area contributed by atoms with Crippen molar-refractivity contribution in [3.8, 4) is 11.5 Å². The van der Waals surface area contributed by atoms with E-state index in [-0.39, 0.29) is 18.1 Å². The third kappa shape index (κ3) is 4.68. The average Bonchev–Trinajstić information content (AvgIpc) is 3.07. The second kappa shape index (κ2) is 9.50. The molecule has 0 fully saturated rings. The highest BCUT2D eigenvalue weighted by molar-refractivity contribution is 9.10. The number of carbonyl (C=O) groups excluding carboxylic acids is 1. The molecule has 0 radical (unpaired) electrons. The highest BCUT2D eigenvalue weighted by Gasteiger charge is 2.23. The van der Waals surface area contributed by atoms with Crippen LogP contribution < -0.4 is 10.2 Å². The van der Waals surface area contributed by atoms with Crippen LogP contribution in [0, 0.1) is 0 Å². The Bertz CT molecular complexity index is 1000. The molecule has 0 spiro atoms. The molecule has 29 heavy (non-hydrogen) atoms. The summed E-state index contributed by atoms with van der Waals surface area (Å²) in [6.07, 6.45) is 3.13. The number of unbranched alkanes of at least 4 members (excludes halogenated alkanes) is 1. The Hall–Kier alpha value is -2.25. The van der Waals surface area contributed by atoms with Crippen molar-refractivity contribution < 1.29 is 24.2 Å². The third-order valence-corrected chi connectivity index (χ3v) is 5.41. The monoisotopic (exact) mass is 458 g/mol. The largest absolute Gasteiger partial charge is 0.507 e. The predicted octanol–water partition coefficient (Wildman–Crippen LogP) is 3.49. The van der Waals surface area contributed by atoms with Gasteiger partial charge >= 0.3 is 0 Å². The fourth-order valence-corrected chi connectivity index (χ4v) is 3.81. The Labute approximate surface area is 179 Å². The zero-order valence-electron chi connectivity index (χ0n) is 16.6. The molecule has 2 N–H and O–H groups in total. The zero-order valence-corrected chi connectivity index (χ0v) is 18.2. The number of halogens is 1. The number of aliphatic hydroxyl groups is 1. The molecule has 0 aliphatic heterocycles. The first-order chi connectivity index (χ1) is 14.0. The summed E-state index contributed by atoms with van der Waals surface area (Å²) in [6.45, 7) is 2.58. The summed E-state index contributed by atoms with van der Waals surface area (Å²) < 4.78 is 12.2. The number of phenols is 1. The summed E-state index contributed by atoms with van der Waals surface area (Å²) in [4.78, 5) is 13.4. The highest BCUT2D eigenvalue weighted by atomic mass is 79.9. The fraction of sp³-hybridized carbons (Fsp3) is 0.318. The van der Waals surface area contributed by atoms with E-state index in [0.717, 1.165) is 18.2 Å². The smallest absolute Gasteiger partial charge is 0.197 e. The summed E-state index contributed by atoms with van der Waals surface area (Å²) in [5.41, 5.74) is 2.30. The van der Waals surface area contributed by atoms with Gasteiger partial charge in [-0.3, -0.25) is 4.79 Å². The van der Waals surface area contributed by atoms with Crippen LogP contribution in [0.4, 0.5) is 0 Å². The van der Waals surface area contributed by atoms with Crippen molar-refractivity contribution >= 4 is 46.0 Å². The lowest BCUT2D eigenvalue weighted by Gasteiger charge is -2.08. The van der Waals surface area contributed by atoms with Crippen LogP contribution in [0.3, 0.4) is 0 Å². The molecular weight excluding hydrogens is 435 g/mol. The third-order valence-electron chi connectivity index (χ3n) is 4.81. The molecule has 0 unspecified atom stereocenters. The van der Waals surface area contributed by atoms with Gasteiger partial charge in [-0.2, -0.15) is 0 Å². The van der Waals surface area contributed by atoms with Crippen LogP contribution in [0.25, 0.3) is 11.0 Å². The van der Waals surface area contributed by atoms with Gasteiger partial charge in [-0.25, -0.2) is 0 Å². The molecule has 3 aromatic rings. The van der Waals surface area contributed by atoms with Crippen LogP contribution in [0.5, 0.6) is 11.5 Å². The van der Waals surface area contributed by atoms with Crippen LogP contribution in [0.15, 0.2) is 39.2 Å². The van der Waals surface area contributed by atoms with Gasteiger partial charge in [-0.15, -0.1) is 0 Å². The van der Waals surface area contributed by atoms with E-state index in [1.54, 1.807) is 26.0 Å². The number of ether oxygens (including phenoxy) is 1. The second-order valence-corrected chi connectivity index (χ2v) is 7.89. The van der Waals surface area contributed by atoms with Gasteiger partial charge in [-0.05, 0) is 46.0 Å². The summed E-state index contributed by atoms with van der Waals surface area (Å²) >= 11 is 3.32. The number of carbonyl (C=O) groups is 1. The summed E-state index contributed by atoms with van der Waals surface area (Å²) in [5, 5.41) is 19.7. The van der Waals surface area contributed by atoms with E-state index >= 15 is 0 Å². The Morgan fingerprint density at radius 3 is 2.72 bits per heavy atom. The van der Waals surface area contributed by atoms with Gasteiger partial charge in [0.2, 0.25) is 0 Å². The van der Waals surface area contributed by atoms with Crippen LogP contribution in [0.2, 0.25) is 0 Å². The first-order valence-corrected chi connectivity index (χ1v) is 10.6. The van der Waals surface area contributed by atoms with Crippen molar-refractivity contribution in [2.75, 3.05) is 13.2 Å². The number of hydrogen-bond acceptors (Lipinski definition) is 5.